The molecule has 1 aliphatic carbocycles. The maximum atomic E-state index is 13.8. The summed E-state index contributed by atoms with van der Waals surface area (Å²) in [6.45, 7) is 7.40. The zero-order chi connectivity index (χ0) is 25.2. The maximum absolute atomic E-state index is 13.8. The summed E-state index contributed by atoms with van der Waals surface area (Å²) in [5.41, 5.74) is 2.69. The van der Waals surface area contributed by atoms with Crippen molar-refractivity contribution in [3.63, 3.8) is 0 Å². The number of ketones is 1. The van der Waals surface area contributed by atoms with Crippen molar-refractivity contribution in [1.29, 1.82) is 0 Å². The Labute approximate surface area is 200 Å². The van der Waals surface area contributed by atoms with Crippen LogP contribution in [0.3, 0.4) is 0 Å². The van der Waals surface area contributed by atoms with Crippen molar-refractivity contribution in [1.82, 2.24) is 5.32 Å². The first kappa shape index (κ1) is 25.3. The fraction of sp³-hybridized carbons (Fsp3) is 0.500. The standard InChI is InChI=1S/C26H33NO7/c1-8-14(3)34-26(30)21-15(4)27-17-11-13(2)20(25(29)33-7)24(28)23(17)22(21)16-9-10-18(31-5)19(12-16)32-6/h9-10,12-14,20,22,27H,8,11H2,1-7H3/t13-,14+,20-,22+/m0/s1. The van der Waals surface area contributed by atoms with Crippen LogP contribution >= 0.6 is 0 Å². The number of ether oxygens (including phenoxy) is 4. The summed E-state index contributed by atoms with van der Waals surface area (Å²) in [6, 6.07) is 5.28. The van der Waals surface area contributed by atoms with Gasteiger partial charge in [-0.1, -0.05) is 19.9 Å². The van der Waals surface area contributed by atoms with Gasteiger partial charge in [-0.05, 0) is 50.3 Å². The minimum Gasteiger partial charge on any atom is -0.493 e. The molecule has 0 saturated carbocycles. The Kier molecular flexibility index (Phi) is 7.69. The molecule has 0 fully saturated rings. The Morgan fingerprint density at radius 2 is 1.82 bits per heavy atom. The quantitative estimate of drug-likeness (QED) is 0.475. The van der Waals surface area contributed by atoms with Crippen molar-refractivity contribution < 1.29 is 33.3 Å². The number of dihydropyridines is 1. The fourth-order valence-corrected chi connectivity index (χ4v) is 4.65. The zero-order valence-electron chi connectivity index (χ0n) is 20.8. The predicted octanol–water partition coefficient (Wildman–Crippen LogP) is 3.66. The van der Waals surface area contributed by atoms with E-state index in [0.717, 1.165) is 0 Å². The predicted molar refractivity (Wildman–Crippen MR) is 125 cm³/mol. The average molecular weight is 472 g/mol. The second-order valence-electron chi connectivity index (χ2n) is 8.77. The first-order valence-electron chi connectivity index (χ1n) is 11.4. The molecule has 1 aromatic carbocycles. The molecule has 34 heavy (non-hydrogen) atoms. The number of esters is 2. The van der Waals surface area contributed by atoms with Crippen LogP contribution in [0.25, 0.3) is 0 Å². The molecule has 0 unspecified atom stereocenters. The molecule has 8 heteroatoms. The van der Waals surface area contributed by atoms with Crippen LogP contribution in [0.15, 0.2) is 40.7 Å². The maximum Gasteiger partial charge on any atom is 0.337 e. The van der Waals surface area contributed by atoms with E-state index in [-0.39, 0.29) is 17.8 Å². The second-order valence-corrected chi connectivity index (χ2v) is 8.77. The number of hydrogen-bond acceptors (Lipinski definition) is 8. The Morgan fingerprint density at radius 1 is 1.15 bits per heavy atom. The molecule has 1 N–H and O–H groups in total. The number of allylic oxidation sites excluding steroid dienone is 3. The molecule has 2 aliphatic rings. The van der Waals surface area contributed by atoms with Crippen molar-refractivity contribution in [2.24, 2.45) is 11.8 Å². The lowest BCUT2D eigenvalue weighted by Gasteiger charge is -2.38. The van der Waals surface area contributed by atoms with E-state index < -0.39 is 23.8 Å². The Morgan fingerprint density at radius 3 is 2.41 bits per heavy atom. The van der Waals surface area contributed by atoms with E-state index in [9.17, 15) is 14.4 Å². The fourth-order valence-electron chi connectivity index (χ4n) is 4.65. The highest BCUT2D eigenvalue weighted by Crippen LogP contribution is 2.46. The largest absolute Gasteiger partial charge is 0.493 e. The number of hydrogen-bond donors (Lipinski definition) is 1. The van der Waals surface area contributed by atoms with E-state index in [1.807, 2.05) is 20.8 Å². The van der Waals surface area contributed by atoms with Crippen LogP contribution in [-0.2, 0) is 23.9 Å². The minimum absolute atomic E-state index is 0.251. The number of carbonyl (C=O) groups is 3. The van der Waals surface area contributed by atoms with Gasteiger partial charge in [-0.3, -0.25) is 9.59 Å². The third-order valence-electron chi connectivity index (χ3n) is 6.59. The summed E-state index contributed by atoms with van der Waals surface area (Å²) >= 11 is 0. The van der Waals surface area contributed by atoms with Crippen molar-refractivity contribution in [2.45, 2.75) is 52.6 Å². The topological polar surface area (TPSA) is 100 Å². The van der Waals surface area contributed by atoms with Gasteiger partial charge in [0.25, 0.3) is 0 Å². The normalized spacial score (nSPS) is 23.0. The van der Waals surface area contributed by atoms with Gasteiger partial charge in [0.1, 0.15) is 5.92 Å². The Hall–Kier alpha value is -3.29. The van der Waals surface area contributed by atoms with Gasteiger partial charge in [0.05, 0.1) is 33.0 Å². The molecule has 1 aliphatic heterocycles. The number of carbonyl (C=O) groups excluding carboxylic acids is 3. The first-order valence-corrected chi connectivity index (χ1v) is 11.4. The lowest BCUT2D eigenvalue weighted by atomic mass is 9.69. The van der Waals surface area contributed by atoms with E-state index >= 15 is 0 Å². The van der Waals surface area contributed by atoms with Gasteiger partial charge in [-0.2, -0.15) is 0 Å². The van der Waals surface area contributed by atoms with Gasteiger partial charge in [-0.25, -0.2) is 4.79 Å². The van der Waals surface area contributed by atoms with Crippen LogP contribution < -0.4 is 14.8 Å². The summed E-state index contributed by atoms with van der Waals surface area (Å²) < 4.78 is 21.5. The molecule has 0 radical (unpaired) electrons. The van der Waals surface area contributed by atoms with Crippen LogP contribution in [0.4, 0.5) is 0 Å². The van der Waals surface area contributed by atoms with E-state index in [4.69, 9.17) is 18.9 Å². The summed E-state index contributed by atoms with van der Waals surface area (Å²) in [5.74, 6) is -2.38. The summed E-state index contributed by atoms with van der Waals surface area (Å²) in [5, 5.41) is 3.26. The Balaban J connectivity index is 2.21. The highest BCUT2D eigenvalue weighted by atomic mass is 16.5. The van der Waals surface area contributed by atoms with E-state index in [0.29, 0.717) is 52.4 Å². The molecule has 1 aromatic rings. The van der Waals surface area contributed by atoms with Gasteiger partial charge in [-0.15, -0.1) is 0 Å². The lowest BCUT2D eigenvalue weighted by molar-refractivity contribution is -0.151. The van der Waals surface area contributed by atoms with Crippen LogP contribution in [0, 0.1) is 11.8 Å². The molecule has 184 valence electrons. The van der Waals surface area contributed by atoms with E-state index in [2.05, 4.69) is 5.32 Å². The third-order valence-corrected chi connectivity index (χ3v) is 6.59. The van der Waals surface area contributed by atoms with Crippen LogP contribution in [0.1, 0.15) is 52.0 Å². The summed E-state index contributed by atoms with van der Waals surface area (Å²) in [6.07, 6.45) is 0.830. The number of Topliss-reactive ketones (excluding diaryl/α,β-unsaturated/α-hetero) is 1. The smallest absolute Gasteiger partial charge is 0.337 e. The van der Waals surface area contributed by atoms with Gasteiger partial charge >= 0.3 is 11.9 Å². The minimum atomic E-state index is -0.946. The highest BCUT2D eigenvalue weighted by Gasteiger charge is 2.47. The average Bonchev–Trinajstić information content (AvgIpc) is 2.82. The van der Waals surface area contributed by atoms with Gasteiger partial charge < -0.3 is 24.3 Å². The summed E-state index contributed by atoms with van der Waals surface area (Å²) in [7, 11) is 4.33. The van der Waals surface area contributed by atoms with Crippen LogP contribution in [-0.4, -0.2) is 45.2 Å². The highest BCUT2D eigenvalue weighted by molar-refractivity contribution is 6.12. The van der Waals surface area contributed by atoms with Gasteiger partial charge in [0, 0.05) is 22.9 Å². The molecule has 1 heterocycles. The van der Waals surface area contributed by atoms with Crippen LogP contribution in [0.5, 0.6) is 11.5 Å². The molecule has 0 amide bonds. The molecule has 4 atom stereocenters. The molecular weight excluding hydrogens is 438 g/mol. The monoisotopic (exact) mass is 471 g/mol. The molecule has 0 aromatic heterocycles. The third kappa shape index (κ3) is 4.54. The van der Waals surface area contributed by atoms with Gasteiger partial charge in [0.15, 0.2) is 17.3 Å². The molecule has 0 bridgehead atoms. The van der Waals surface area contributed by atoms with Crippen molar-refractivity contribution in [3.05, 3.63) is 46.3 Å². The van der Waals surface area contributed by atoms with Gasteiger partial charge in [0.2, 0.25) is 0 Å². The number of nitrogens with one attached hydrogen (secondary N) is 1. The first-order chi connectivity index (χ1) is 16.2. The molecule has 3 rings (SSSR count). The molecule has 0 saturated heterocycles. The van der Waals surface area contributed by atoms with Crippen molar-refractivity contribution in [2.75, 3.05) is 21.3 Å². The Bertz CT molecular complexity index is 1060. The molecular formula is C26H33NO7. The summed E-state index contributed by atoms with van der Waals surface area (Å²) in [4.78, 5) is 39.6. The zero-order valence-corrected chi connectivity index (χ0v) is 20.8. The molecule has 0 spiro atoms. The molecule has 8 nitrogen and oxygen atoms in total. The van der Waals surface area contributed by atoms with E-state index in [1.165, 1.54) is 21.3 Å². The lowest BCUT2D eigenvalue weighted by Crippen LogP contribution is -2.43. The SMILES string of the molecule is CC[C@@H](C)OC(=O)C1=C(C)NC2=C(C(=O)[C@@H](C(=O)OC)[C@@H](C)C2)[C@@H]1c1ccc(OC)c(OC)c1. The van der Waals surface area contributed by atoms with E-state index in [1.54, 1.807) is 25.1 Å². The van der Waals surface area contributed by atoms with Crippen LogP contribution in [0.2, 0.25) is 0 Å². The second kappa shape index (κ2) is 10.3. The number of benzene rings is 1. The number of rotatable bonds is 7. The number of methoxy groups -OCH3 is 3. The van der Waals surface area contributed by atoms with Crippen molar-refractivity contribution >= 4 is 17.7 Å². The van der Waals surface area contributed by atoms with Crippen molar-refractivity contribution in [3.8, 4) is 11.5 Å².